The number of likely N-dealkylation sites (tertiary alicyclic amines) is 1. The number of carbonyl (C=O) groups excluding carboxylic acids is 1. The smallest absolute Gasteiger partial charge is 0.222 e. The van der Waals surface area contributed by atoms with E-state index in [-0.39, 0.29) is 5.91 Å². The number of benzene rings is 1. The van der Waals surface area contributed by atoms with Crippen molar-refractivity contribution in [1.29, 1.82) is 0 Å². The number of amides is 1. The summed E-state index contributed by atoms with van der Waals surface area (Å²) in [5, 5.41) is 8.80. The number of hydrogen-bond donors (Lipinski definition) is 2. The highest BCUT2D eigenvalue weighted by Crippen LogP contribution is 2.15. The molecule has 3 rings (SSSR count). The van der Waals surface area contributed by atoms with Crippen LogP contribution >= 0.6 is 11.3 Å². The van der Waals surface area contributed by atoms with Crippen LogP contribution in [0, 0.1) is 0 Å². The molecule has 144 valence electrons. The minimum Gasteiger partial charge on any atom is -0.357 e. The van der Waals surface area contributed by atoms with Crippen LogP contribution in [0.25, 0.3) is 0 Å². The van der Waals surface area contributed by atoms with Crippen molar-refractivity contribution in [2.45, 2.75) is 39.3 Å². The van der Waals surface area contributed by atoms with Crippen LogP contribution in [0.5, 0.6) is 0 Å². The van der Waals surface area contributed by atoms with E-state index in [9.17, 15) is 4.79 Å². The maximum Gasteiger partial charge on any atom is 0.222 e. The van der Waals surface area contributed by atoms with Crippen molar-refractivity contribution < 1.29 is 4.79 Å². The monoisotopic (exact) mass is 384 g/mol. The van der Waals surface area contributed by atoms with Gasteiger partial charge in [0, 0.05) is 37.5 Å². The van der Waals surface area contributed by atoms with Gasteiger partial charge in [-0.1, -0.05) is 30.3 Å². The molecule has 5 nitrogen and oxygen atoms in total. The Morgan fingerprint density at radius 2 is 2.00 bits per heavy atom. The Bertz CT molecular complexity index is 740. The van der Waals surface area contributed by atoms with Crippen molar-refractivity contribution in [2.24, 2.45) is 4.99 Å². The Hall–Kier alpha value is -2.34. The van der Waals surface area contributed by atoms with Crippen molar-refractivity contribution in [1.82, 2.24) is 15.5 Å². The normalized spacial score (nSPS) is 14.6. The van der Waals surface area contributed by atoms with Gasteiger partial charge in [0.25, 0.3) is 0 Å². The van der Waals surface area contributed by atoms with Gasteiger partial charge in [-0.25, -0.2) is 4.99 Å². The fourth-order valence-corrected chi connectivity index (χ4v) is 3.82. The van der Waals surface area contributed by atoms with Crippen molar-refractivity contribution in [3.63, 3.8) is 0 Å². The second kappa shape index (κ2) is 10.1. The predicted molar refractivity (Wildman–Crippen MR) is 112 cm³/mol. The van der Waals surface area contributed by atoms with Crippen LogP contribution in [0.3, 0.4) is 0 Å². The molecule has 2 N–H and O–H groups in total. The van der Waals surface area contributed by atoms with E-state index >= 15 is 0 Å². The summed E-state index contributed by atoms with van der Waals surface area (Å²) in [6.07, 6.45) is 2.68. The summed E-state index contributed by atoms with van der Waals surface area (Å²) in [5.41, 5.74) is 2.35. The third kappa shape index (κ3) is 6.10. The van der Waals surface area contributed by atoms with Crippen LogP contribution in [0.1, 0.15) is 35.8 Å². The number of rotatable bonds is 8. The van der Waals surface area contributed by atoms with Gasteiger partial charge in [0.15, 0.2) is 5.96 Å². The average Bonchev–Trinajstić information content (AvgIpc) is 3.33. The van der Waals surface area contributed by atoms with Gasteiger partial charge in [-0.2, -0.15) is 0 Å². The molecule has 2 aromatic rings. The van der Waals surface area contributed by atoms with Gasteiger partial charge < -0.3 is 15.5 Å². The fourth-order valence-electron chi connectivity index (χ4n) is 3.11. The Morgan fingerprint density at radius 3 is 2.67 bits per heavy atom. The standard InChI is InChI=1S/C21H28N4OS/c1-2-22-21(23-12-11-19-5-4-14-27-19)24-15-17-7-9-18(10-8-17)16-25-13-3-6-20(25)26/h4-5,7-10,14H,2-3,6,11-13,15-16H2,1H3,(H2,22,23,24). The van der Waals surface area contributed by atoms with Crippen LogP contribution in [0.4, 0.5) is 0 Å². The number of nitrogens with zero attached hydrogens (tertiary/aromatic N) is 2. The Balaban J connectivity index is 1.49. The lowest BCUT2D eigenvalue weighted by atomic mass is 10.1. The SMILES string of the molecule is CCNC(=NCc1ccc(CN2CCCC2=O)cc1)NCCc1cccs1. The zero-order valence-electron chi connectivity index (χ0n) is 15.9. The van der Waals surface area contributed by atoms with Gasteiger partial charge in [-0.3, -0.25) is 4.79 Å². The minimum atomic E-state index is 0.271. The first-order valence-electron chi connectivity index (χ1n) is 9.64. The molecule has 0 spiro atoms. The summed E-state index contributed by atoms with van der Waals surface area (Å²) in [4.78, 5) is 19.7. The van der Waals surface area contributed by atoms with Crippen LogP contribution < -0.4 is 10.6 Å². The summed E-state index contributed by atoms with van der Waals surface area (Å²) < 4.78 is 0. The topological polar surface area (TPSA) is 56.7 Å². The number of aliphatic imine (C=N–C) groups is 1. The van der Waals surface area contributed by atoms with Crippen molar-refractivity contribution in [3.05, 3.63) is 57.8 Å². The van der Waals surface area contributed by atoms with Crippen LogP contribution in [-0.2, 0) is 24.3 Å². The highest BCUT2D eigenvalue weighted by molar-refractivity contribution is 7.09. The second-order valence-corrected chi connectivity index (χ2v) is 7.72. The summed E-state index contributed by atoms with van der Waals surface area (Å²) in [6, 6.07) is 12.7. The maximum atomic E-state index is 11.7. The first-order chi connectivity index (χ1) is 13.2. The lowest BCUT2D eigenvalue weighted by Gasteiger charge is -2.15. The van der Waals surface area contributed by atoms with Gasteiger partial charge in [0.05, 0.1) is 6.54 Å². The molecular formula is C21H28N4OS. The Labute approximate surface area is 165 Å². The molecule has 1 aromatic carbocycles. The number of hydrogen-bond acceptors (Lipinski definition) is 3. The first-order valence-corrected chi connectivity index (χ1v) is 10.5. The number of carbonyl (C=O) groups is 1. The quantitative estimate of drug-likeness (QED) is 0.543. The minimum absolute atomic E-state index is 0.271. The molecule has 1 saturated heterocycles. The molecular weight excluding hydrogens is 356 g/mol. The zero-order chi connectivity index (χ0) is 18.9. The van der Waals surface area contributed by atoms with Gasteiger partial charge >= 0.3 is 0 Å². The lowest BCUT2D eigenvalue weighted by Crippen LogP contribution is -2.38. The molecule has 2 heterocycles. The molecule has 0 aliphatic carbocycles. The second-order valence-electron chi connectivity index (χ2n) is 6.69. The Morgan fingerprint density at radius 1 is 1.19 bits per heavy atom. The van der Waals surface area contributed by atoms with E-state index in [2.05, 4.69) is 64.3 Å². The third-order valence-electron chi connectivity index (χ3n) is 4.58. The molecule has 1 aliphatic rings. The largest absolute Gasteiger partial charge is 0.357 e. The molecule has 1 amide bonds. The highest BCUT2D eigenvalue weighted by atomic mass is 32.1. The summed E-state index contributed by atoms with van der Waals surface area (Å²) in [6.45, 7) is 6.02. The van der Waals surface area contributed by atoms with Crippen molar-refractivity contribution in [3.8, 4) is 0 Å². The van der Waals surface area contributed by atoms with Gasteiger partial charge in [-0.15, -0.1) is 11.3 Å². The number of guanidine groups is 1. The van der Waals surface area contributed by atoms with Gasteiger partial charge in [0.1, 0.15) is 0 Å². The van der Waals surface area contributed by atoms with Crippen LogP contribution in [0.15, 0.2) is 46.8 Å². The molecule has 0 unspecified atom stereocenters. The fraction of sp³-hybridized carbons (Fsp3) is 0.429. The van der Waals surface area contributed by atoms with Crippen LogP contribution in [0.2, 0.25) is 0 Å². The van der Waals surface area contributed by atoms with E-state index in [1.54, 1.807) is 11.3 Å². The maximum absolute atomic E-state index is 11.7. The highest BCUT2D eigenvalue weighted by Gasteiger charge is 2.19. The van der Waals surface area contributed by atoms with E-state index in [4.69, 9.17) is 0 Å². The molecule has 1 aliphatic heterocycles. The van der Waals surface area contributed by atoms with Crippen LogP contribution in [-0.4, -0.2) is 36.4 Å². The van der Waals surface area contributed by atoms with E-state index in [0.29, 0.717) is 13.0 Å². The molecule has 1 aromatic heterocycles. The summed E-state index contributed by atoms with van der Waals surface area (Å²) in [5.74, 6) is 1.12. The lowest BCUT2D eigenvalue weighted by molar-refractivity contribution is -0.128. The Kier molecular flexibility index (Phi) is 7.27. The van der Waals surface area contributed by atoms with Gasteiger partial charge in [-0.05, 0) is 42.3 Å². The van der Waals surface area contributed by atoms with E-state index < -0.39 is 0 Å². The third-order valence-corrected chi connectivity index (χ3v) is 5.51. The van der Waals surface area contributed by atoms with Gasteiger partial charge in [0.2, 0.25) is 5.91 Å². The van der Waals surface area contributed by atoms with E-state index in [1.165, 1.54) is 16.0 Å². The molecule has 6 heteroatoms. The molecule has 0 atom stereocenters. The molecule has 0 bridgehead atoms. The van der Waals surface area contributed by atoms with Crippen molar-refractivity contribution in [2.75, 3.05) is 19.6 Å². The van der Waals surface area contributed by atoms with E-state index in [1.807, 2.05) is 4.90 Å². The molecule has 0 saturated carbocycles. The van der Waals surface area contributed by atoms with Crippen molar-refractivity contribution >= 4 is 23.2 Å². The average molecular weight is 385 g/mol. The summed E-state index contributed by atoms with van der Waals surface area (Å²) >= 11 is 1.79. The summed E-state index contributed by atoms with van der Waals surface area (Å²) in [7, 11) is 0. The van der Waals surface area contributed by atoms with E-state index in [0.717, 1.165) is 45.0 Å². The molecule has 27 heavy (non-hydrogen) atoms. The predicted octanol–water partition coefficient (Wildman–Crippen LogP) is 3.17. The molecule has 0 radical (unpaired) electrons. The number of thiophene rings is 1. The molecule has 1 fully saturated rings. The zero-order valence-corrected chi connectivity index (χ0v) is 16.7. The first kappa shape index (κ1) is 19.4. The number of nitrogens with one attached hydrogen (secondary N) is 2.